The Balaban J connectivity index is 1.95. The molecule has 0 aliphatic rings. The first-order chi connectivity index (χ1) is 8.66. The second-order valence-electron chi connectivity index (χ2n) is 3.93. The summed E-state index contributed by atoms with van der Waals surface area (Å²) in [6, 6.07) is 12.8. The van der Waals surface area contributed by atoms with E-state index in [-0.39, 0.29) is 5.82 Å². The zero-order valence-corrected chi connectivity index (χ0v) is 12.8. The summed E-state index contributed by atoms with van der Waals surface area (Å²) in [4.78, 5) is 0. The Morgan fingerprint density at radius 3 is 2.22 bits per heavy atom. The van der Waals surface area contributed by atoms with Crippen molar-refractivity contribution in [3.05, 3.63) is 68.4 Å². The molecule has 0 unspecified atom stereocenters. The first-order valence-corrected chi connectivity index (χ1v) is 7.13. The van der Waals surface area contributed by atoms with Crippen LogP contribution >= 0.6 is 31.9 Å². The van der Waals surface area contributed by atoms with E-state index in [9.17, 15) is 4.39 Å². The Labute approximate surface area is 123 Å². The number of hydrogen-bond acceptors (Lipinski definition) is 1. The maximum atomic E-state index is 12.9. The zero-order valence-electron chi connectivity index (χ0n) is 9.59. The van der Waals surface area contributed by atoms with Gasteiger partial charge >= 0.3 is 0 Å². The lowest BCUT2D eigenvalue weighted by molar-refractivity contribution is 0.623. The van der Waals surface area contributed by atoms with Crippen molar-refractivity contribution in [3.63, 3.8) is 0 Å². The van der Waals surface area contributed by atoms with Gasteiger partial charge in [0.1, 0.15) is 5.82 Å². The van der Waals surface area contributed by atoms with E-state index in [1.807, 2.05) is 18.2 Å². The molecular weight excluding hydrogens is 361 g/mol. The molecule has 0 fully saturated rings. The molecule has 0 saturated heterocycles. The van der Waals surface area contributed by atoms with Gasteiger partial charge in [-0.25, -0.2) is 4.39 Å². The van der Waals surface area contributed by atoms with E-state index in [4.69, 9.17) is 0 Å². The van der Waals surface area contributed by atoms with Crippen LogP contribution in [-0.2, 0) is 13.1 Å². The topological polar surface area (TPSA) is 12.0 Å². The molecule has 0 atom stereocenters. The number of benzene rings is 2. The maximum absolute atomic E-state index is 12.9. The van der Waals surface area contributed by atoms with Gasteiger partial charge in [-0.15, -0.1) is 0 Å². The molecule has 4 heteroatoms. The lowest BCUT2D eigenvalue weighted by Crippen LogP contribution is -2.13. The van der Waals surface area contributed by atoms with Crippen molar-refractivity contribution in [3.8, 4) is 0 Å². The van der Waals surface area contributed by atoms with Crippen molar-refractivity contribution in [2.45, 2.75) is 13.1 Å². The molecule has 0 saturated carbocycles. The maximum Gasteiger partial charge on any atom is 0.124 e. The fraction of sp³-hybridized carbons (Fsp3) is 0.143. The minimum Gasteiger partial charge on any atom is -0.309 e. The van der Waals surface area contributed by atoms with Gasteiger partial charge in [0.05, 0.1) is 0 Å². The fourth-order valence-corrected chi connectivity index (χ4v) is 2.55. The van der Waals surface area contributed by atoms with Crippen LogP contribution in [0.25, 0.3) is 0 Å². The van der Waals surface area contributed by atoms with Gasteiger partial charge in [-0.2, -0.15) is 0 Å². The number of halogens is 3. The highest BCUT2D eigenvalue weighted by atomic mass is 79.9. The fourth-order valence-electron chi connectivity index (χ4n) is 1.64. The summed E-state index contributed by atoms with van der Waals surface area (Å²) in [5.41, 5.74) is 2.25. The minimum absolute atomic E-state index is 0.226. The van der Waals surface area contributed by atoms with Gasteiger partial charge in [0, 0.05) is 22.0 Å². The van der Waals surface area contributed by atoms with Crippen molar-refractivity contribution in [1.82, 2.24) is 5.32 Å². The van der Waals surface area contributed by atoms with Crippen LogP contribution < -0.4 is 5.32 Å². The molecule has 2 aromatic rings. The Morgan fingerprint density at radius 2 is 1.56 bits per heavy atom. The first-order valence-electron chi connectivity index (χ1n) is 5.55. The first kappa shape index (κ1) is 13.7. The van der Waals surface area contributed by atoms with Gasteiger partial charge in [0.15, 0.2) is 0 Å². The largest absolute Gasteiger partial charge is 0.309 e. The molecule has 0 amide bonds. The summed E-state index contributed by atoms with van der Waals surface area (Å²) in [5.74, 6) is -0.226. The molecular formula is C14H12Br2FN. The van der Waals surface area contributed by atoms with Crippen LogP contribution in [0.1, 0.15) is 11.1 Å². The smallest absolute Gasteiger partial charge is 0.124 e. The van der Waals surface area contributed by atoms with E-state index in [1.54, 1.807) is 6.07 Å². The van der Waals surface area contributed by atoms with E-state index in [0.717, 1.165) is 21.1 Å². The van der Waals surface area contributed by atoms with Crippen LogP contribution in [0.15, 0.2) is 51.4 Å². The van der Waals surface area contributed by atoms with E-state index >= 15 is 0 Å². The van der Waals surface area contributed by atoms with E-state index < -0.39 is 0 Å². The van der Waals surface area contributed by atoms with E-state index in [1.165, 1.54) is 17.7 Å². The van der Waals surface area contributed by atoms with Crippen molar-refractivity contribution in [2.75, 3.05) is 0 Å². The summed E-state index contributed by atoms with van der Waals surface area (Å²) in [7, 11) is 0. The highest BCUT2D eigenvalue weighted by Gasteiger charge is 2.02. The van der Waals surface area contributed by atoms with Gasteiger partial charge in [-0.3, -0.25) is 0 Å². The van der Waals surface area contributed by atoms with Gasteiger partial charge in [-0.1, -0.05) is 56.1 Å². The molecule has 0 heterocycles. The van der Waals surface area contributed by atoms with E-state index in [0.29, 0.717) is 6.54 Å². The lowest BCUT2D eigenvalue weighted by atomic mass is 10.2. The molecule has 0 aromatic heterocycles. The van der Waals surface area contributed by atoms with Gasteiger partial charge in [-0.05, 0) is 29.3 Å². The minimum atomic E-state index is -0.226. The SMILES string of the molecule is Fc1ccc(CNCc2ccccc2Br)c(Br)c1. The average Bonchev–Trinajstić information content (AvgIpc) is 2.34. The normalized spacial score (nSPS) is 10.6. The Bertz CT molecular complexity index is 543. The summed E-state index contributed by atoms with van der Waals surface area (Å²) in [5, 5.41) is 3.34. The molecule has 1 nitrogen and oxygen atoms in total. The Hall–Kier alpha value is -0.710. The van der Waals surface area contributed by atoms with Crippen molar-refractivity contribution < 1.29 is 4.39 Å². The molecule has 2 rings (SSSR count). The quantitative estimate of drug-likeness (QED) is 0.824. The lowest BCUT2D eigenvalue weighted by Gasteiger charge is -2.08. The Morgan fingerprint density at radius 1 is 0.889 bits per heavy atom. The van der Waals surface area contributed by atoms with E-state index in [2.05, 4.69) is 43.2 Å². The van der Waals surface area contributed by atoms with Crippen molar-refractivity contribution in [1.29, 1.82) is 0 Å². The van der Waals surface area contributed by atoms with Crippen LogP contribution in [0.4, 0.5) is 4.39 Å². The molecule has 2 aromatic carbocycles. The summed E-state index contributed by atoms with van der Waals surface area (Å²) in [6.07, 6.45) is 0. The third-order valence-electron chi connectivity index (χ3n) is 2.60. The van der Waals surface area contributed by atoms with Gasteiger partial charge in [0.25, 0.3) is 0 Å². The highest BCUT2D eigenvalue weighted by Crippen LogP contribution is 2.19. The second kappa shape index (κ2) is 6.45. The summed E-state index contributed by atoms with van der Waals surface area (Å²) < 4.78 is 14.8. The molecule has 0 aliphatic heterocycles. The third kappa shape index (κ3) is 3.64. The highest BCUT2D eigenvalue weighted by molar-refractivity contribution is 9.10. The second-order valence-corrected chi connectivity index (χ2v) is 5.64. The summed E-state index contributed by atoms with van der Waals surface area (Å²) in [6.45, 7) is 1.47. The standard InChI is InChI=1S/C14H12Br2FN/c15-13-4-2-1-3-10(13)8-18-9-11-5-6-12(17)7-14(11)16/h1-7,18H,8-9H2. The average molecular weight is 373 g/mol. The number of rotatable bonds is 4. The van der Waals surface area contributed by atoms with Crippen molar-refractivity contribution >= 4 is 31.9 Å². The molecule has 0 aliphatic carbocycles. The third-order valence-corrected chi connectivity index (χ3v) is 4.12. The Kier molecular flexibility index (Phi) is 4.92. The number of hydrogen-bond donors (Lipinski definition) is 1. The molecule has 0 bridgehead atoms. The molecule has 94 valence electrons. The van der Waals surface area contributed by atoms with Gasteiger partial charge < -0.3 is 5.32 Å². The van der Waals surface area contributed by atoms with Crippen LogP contribution in [-0.4, -0.2) is 0 Å². The van der Waals surface area contributed by atoms with Crippen molar-refractivity contribution in [2.24, 2.45) is 0 Å². The van der Waals surface area contributed by atoms with Gasteiger partial charge in [0.2, 0.25) is 0 Å². The van der Waals surface area contributed by atoms with Crippen LogP contribution in [0.2, 0.25) is 0 Å². The molecule has 0 spiro atoms. The molecule has 1 N–H and O–H groups in total. The predicted octanol–water partition coefficient (Wildman–Crippen LogP) is 4.64. The van der Waals surface area contributed by atoms with Crippen LogP contribution in [0.3, 0.4) is 0 Å². The summed E-state index contributed by atoms with van der Waals surface area (Å²) >= 11 is 6.87. The van der Waals surface area contributed by atoms with Crippen LogP contribution in [0.5, 0.6) is 0 Å². The predicted molar refractivity (Wildman–Crippen MR) is 78.8 cm³/mol. The van der Waals surface area contributed by atoms with Crippen LogP contribution in [0, 0.1) is 5.82 Å². The molecule has 18 heavy (non-hydrogen) atoms. The number of nitrogens with one attached hydrogen (secondary N) is 1. The molecule has 0 radical (unpaired) electrons. The zero-order chi connectivity index (χ0) is 13.0. The monoisotopic (exact) mass is 371 g/mol.